The minimum Gasteiger partial charge on any atom is -0.462 e. The Hall–Kier alpha value is -0.790. The van der Waals surface area contributed by atoms with Crippen molar-refractivity contribution in [1.82, 2.24) is 0 Å². The first-order chi connectivity index (χ1) is 9.47. The van der Waals surface area contributed by atoms with Gasteiger partial charge in [-0.15, -0.1) is 0 Å². The second kappa shape index (κ2) is 12.0. The minimum absolute atomic E-state index is 0.263. The zero-order valence-corrected chi connectivity index (χ0v) is 14.0. The van der Waals surface area contributed by atoms with Crippen LogP contribution in [0, 0.1) is 11.8 Å². The van der Waals surface area contributed by atoms with Gasteiger partial charge in [-0.25, -0.2) is 4.79 Å². The first kappa shape index (κ1) is 19.2. The summed E-state index contributed by atoms with van der Waals surface area (Å²) in [5, 5.41) is 0. The molecular weight excluding hydrogens is 248 g/mol. The van der Waals surface area contributed by atoms with Crippen molar-refractivity contribution in [2.75, 3.05) is 6.61 Å². The molecule has 0 aliphatic carbocycles. The SMILES string of the molecule is C=C(C)C(=O)OCCC(C)CCC(C)CCCCCC. The highest BCUT2D eigenvalue weighted by Crippen LogP contribution is 2.20. The van der Waals surface area contributed by atoms with E-state index < -0.39 is 0 Å². The van der Waals surface area contributed by atoms with Crippen LogP contribution >= 0.6 is 0 Å². The average Bonchev–Trinajstić information content (AvgIpc) is 2.41. The van der Waals surface area contributed by atoms with Crippen LogP contribution in [0.4, 0.5) is 0 Å². The van der Waals surface area contributed by atoms with Crippen molar-refractivity contribution in [3.05, 3.63) is 12.2 Å². The number of carbonyl (C=O) groups excluding carboxylic acids is 1. The van der Waals surface area contributed by atoms with Crippen LogP contribution in [0.1, 0.15) is 79.1 Å². The lowest BCUT2D eigenvalue weighted by Gasteiger charge is -2.15. The molecule has 0 spiro atoms. The van der Waals surface area contributed by atoms with E-state index in [2.05, 4.69) is 27.4 Å². The van der Waals surface area contributed by atoms with E-state index in [0.29, 0.717) is 18.1 Å². The molecule has 0 aliphatic heterocycles. The number of hydrogen-bond donors (Lipinski definition) is 0. The van der Waals surface area contributed by atoms with Crippen molar-refractivity contribution in [3.63, 3.8) is 0 Å². The largest absolute Gasteiger partial charge is 0.462 e. The summed E-state index contributed by atoms with van der Waals surface area (Å²) in [6.45, 7) is 12.7. The molecule has 0 amide bonds. The van der Waals surface area contributed by atoms with E-state index in [1.165, 1.54) is 44.9 Å². The lowest BCUT2D eigenvalue weighted by atomic mass is 9.92. The number of rotatable bonds is 12. The average molecular weight is 282 g/mol. The molecule has 2 unspecified atom stereocenters. The quantitative estimate of drug-likeness (QED) is 0.268. The Labute approximate surface area is 126 Å². The fourth-order valence-electron chi connectivity index (χ4n) is 2.25. The second-order valence-electron chi connectivity index (χ2n) is 6.34. The molecule has 118 valence electrons. The molecule has 0 heterocycles. The first-order valence-corrected chi connectivity index (χ1v) is 8.30. The second-order valence-corrected chi connectivity index (χ2v) is 6.34. The van der Waals surface area contributed by atoms with Gasteiger partial charge < -0.3 is 4.74 Å². The van der Waals surface area contributed by atoms with Gasteiger partial charge in [0.25, 0.3) is 0 Å². The Morgan fingerprint density at radius 2 is 1.60 bits per heavy atom. The third-order valence-electron chi connectivity index (χ3n) is 3.90. The molecule has 2 heteroatoms. The third-order valence-corrected chi connectivity index (χ3v) is 3.90. The van der Waals surface area contributed by atoms with Gasteiger partial charge in [0.15, 0.2) is 0 Å². The number of ether oxygens (including phenoxy) is 1. The maximum atomic E-state index is 11.2. The summed E-state index contributed by atoms with van der Waals surface area (Å²) in [4.78, 5) is 11.2. The van der Waals surface area contributed by atoms with Crippen molar-refractivity contribution in [2.24, 2.45) is 11.8 Å². The topological polar surface area (TPSA) is 26.3 Å². The van der Waals surface area contributed by atoms with Crippen LogP contribution in [0.2, 0.25) is 0 Å². The van der Waals surface area contributed by atoms with Crippen molar-refractivity contribution in [3.8, 4) is 0 Å². The molecule has 2 atom stereocenters. The lowest BCUT2D eigenvalue weighted by Crippen LogP contribution is -2.09. The van der Waals surface area contributed by atoms with E-state index in [1.54, 1.807) is 6.92 Å². The van der Waals surface area contributed by atoms with Crippen LogP contribution in [0.5, 0.6) is 0 Å². The highest BCUT2D eigenvalue weighted by atomic mass is 16.5. The lowest BCUT2D eigenvalue weighted by molar-refractivity contribution is -0.139. The van der Waals surface area contributed by atoms with Gasteiger partial charge in [0.2, 0.25) is 0 Å². The minimum atomic E-state index is -0.263. The number of carbonyl (C=O) groups is 1. The van der Waals surface area contributed by atoms with Gasteiger partial charge in [-0.05, 0) is 25.2 Å². The molecule has 0 aliphatic rings. The molecule has 0 aromatic heterocycles. The summed E-state index contributed by atoms with van der Waals surface area (Å²) in [5.74, 6) is 1.19. The van der Waals surface area contributed by atoms with Crippen LogP contribution in [-0.2, 0) is 9.53 Å². The summed E-state index contributed by atoms with van der Waals surface area (Å²) in [7, 11) is 0. The zero-order chi connectivity index (χ0) is 15.4. The summed E-state index contributed by atoms with van der Waals surface area (Å²) >= 11 is 0. The molecule has 0 aromatic carbocycles. The molecule has 0 N–H and O–H groups in total. The normalized spacial score (nSPS) is 13.8. The molecule has 20 heavy (non-hydrogen) atoms. The molecule has 0 radical (unpaired) electrons. The van der Waals surface area contributed by atoms with Crippen molar-refractivity contribution >= 4 is 5.97 Å². The predicted octanol–water partition coefficient (Wildman–Crippen LogP) is 5.52. The Kier molecular flexibility index (Phi) is 11.5. The van der Waals surface area contributed by atoms with E-state index in [1.807, 2.05) is 0 Å². The van der Waals surface area contributed by atoms with Gasteiger partial charge in [0.1, 0.15) is 0 Å². The maximum Gasteiger partial charge on any atom is 0.333 e. The van der Waals surface area contributed by atoms with E-state index in [-0.39, 0.29) is 5.97 Å². The van der Waals surface area contributed by atoms with E-state index in [9.17, 15) is 4.79 Å². The van der Waals surface area contributed by atoms with Gasteiger partial charge in [0, 0.05) is 5.57 Å². The highest BCUT2D eigenvalue weighted by Gasteiger charge is 2.09. The maximum absolute atomic E-state index is 11.2. The van der Waals surface area contributed by atoms with Crippen molar-refractivity contribution < 1.29 is 9.53 Å². The molecule has 2 nitrogen and oxygen atoms in total. The summed E-state index contributed by atoms with van der Waals surface area (Å²) in [6, 6.07) is 0. The fourth-order valence-corrected chi connectivity index (χ4v) is 2.25. The molecule has 0 aromatic rings. The summed E-state index contributed by atoms with van der Waals surface area (Å²) in [6.07, 6.45) is 10.3. The van der Waals surface area contributed by atoms with Crippen molar-refractivity contribution in [2.45, 2.75) is 79.1 Å². The predicted molar refractivity (Wildman–Crippen MR) is 86.7 cm³/mol. The van der Waals surface area contributed by atoms with Crippen LogP contribution in [-0.4, -0.2) is 12.6 Å². The number of hydrogen-bond acceptors (Lipinski definition) is 2. The Bertz CT molecular complexity index is 271. The van der Waals surface area contributed by atoms with Gasteiger partial charge in [-0.2, -0.15) is 0 Å². The summed E-state index contributed by atoms with van der Waals surface area (Å²) in [5.41, 5.74) is 0.485. The fraction of sp³-hybridized carbons (Fsp3) is 0.833. The van der Waals surface area contributed by atoms with Crippen LogP contribution < -0.4 is 0 Å². The molecule has 0 saturated heterocycles. The van der Waals surface area contributed by atoms with Gasteiger partial charge in [0.05, 0.1) is 6.61 Å². The zero-order valence-electron chi connectivity index (χ0n) is 14.0. The third kappa shape index (κ3) is 11.1. The van der Waals surface area contributed by atoms with Crippen LogP contribution in [0.25, 0.3) is 0 Å². The van der Waals surface area contributed by atoms with E-state index >= 15 is 0 Å². The molecule has 0 rings (SSSR count). The van der Waals surface area contributed by atoms with Crippen LogP contribution in [0.3, 0.4) is 0 Å². The van der Waals surface area contributed by atoms with E-state index in [4.69, 9.17) is 4.74 Å². The van der Waals surface area contributed by atoms with Crippen LogP contribution in [0.15, 0.2) is 12.2 Å². The number of unbranched alkanes of at least 4 members (excludes halogenated alkanes) is 3. The Morgan fingerprint density at radius 1 is 1.00 bits per heavy atom. The number of esters is 1. The van der Waals surface area contributed by atoms with Gasteiger partial charge >= 0.3 is 5.97 Å². The first-order valence-electron chi connectivity index (χ1n) is 8.30. The molecule has 0 fully saturated rings. The smallest absolute Gasteiger partial charge is 0.333 e. The van der Waals surface area contributed by atoms with Crippen molar-refractivity contribution in [1.29, 1.82) is 0 Å². The molecular formula is C18H34O2. The molecule has 0 bridgehead atoms. The monoisotopic (exact) mass is 282 g/mol. The highest BCUT2D eigenvalue weighted by molar-refractivity contribution is 5.86. The Morgan fingerprint density at radius 3 is 2.15 bits per heavy atom. The van der Waals surface area contributed by atoms with Gasteiger partial charge in [-0.3, -0.25) is 0 Å². The standard InChI is InChI=1S/C18H34O2/c1-6-7-8-9-10-16(4)11-12-17(5)13-14-20-18(19)15(2)3/h16-17H,2,6-14H2,1,3-5H3. The Balaban J connectivity index is 3.54. The van der Waals surface area contributed by atoms with E-state index in [0.717, 1.165) is 12.3 Å². The summed E-state index contributed by atoms with van der Waals surface area (Å²) < 4.78 is 5.13. The molecule has 0 saturated carbocycles. The van der Waals surface area contributed by atoms with Gasteiger partial charge in [-0.1, -0.05) is 72.3 Å².